The minimum absolute atomic E-state index is 0.0137. The third kappa shape index (κ3) is 9.05. The molecule has 4 rings (SSSR count). The third-order valence-corrected chi connectivity index (χ3v) is 8.04. The van der Waals surface area contributed by atoms with Gasteiger partial charge >= 0.3 is 0 Å². The summed E-state index contributed by atoms with van der Waals surface area (Å²) in [5.74, 6) is 1.42. The average Bonchev–Trinajstić information content (AvgIpc) is 2.94. The third-order valence-electron chi connectivity index (χ3n) is 8.04. The van der Waals surface area contributed by atoms with Crippen molar-refractivity contribution in [3.63, 3.8) is 0 Å². The van der Waals surface area contributed by atoms with Crippen LogP contribution in [-0.2, 0) is 30.3 Å². The molecule has 1 unspecified atom stereocenters. The predicted octanol–water partition coefficient (Wildman–Crippen LogP) is 3.29. The van der Waals surface area contributed by atoms with Gasteiger partial charge in [-0.15, -0.1) is 0 Å². The van der Waals surface area contributed by atoms with Crippen molar-refractivity contribution in [3.8, 4) is 5.75 Å². The fourth-order valence-electron chi connectivity index (χ4n) is 5.79. The number of hydrogen-bond donors (Lipinski definition) is 2. The molecule has 3 aliphatic heterocycles. The first kappa shape index (κ1) is 30.1. The van der Waals surface area contributed by atoms with Crippen molar-refractivity contribution in [2.45, 2.75) is 82.8 Å². The van der Waals surface area contributed by atoms with Crippen molar-refractivity contribution >= 4 is 11.6 Å². The summed E-state index contributed by atoms with van der Waals surface area (Å²) in [6.07, 6.45) is 5.29. The number of carbonyl (C=O) groups excluding carboxylic acids is 1. The second-order valence-corrected chi connectivity index (χ2v) is 11.8. The highest BCUT2D eigenvalue weighted by Crippen LogP contribution is 2.38. The summed E-state index contributed by atoms with van der Waals surface area (Å²) >= 11 is 0. The fourth-order valence-corrected chi connectivity index (χ4v) is 5.79. The van der Waals surface area contributed by atoms with Gasteiger partial charge in [0.15, 0.2) is 0 Å². The molecule has 3 atom stereocenters. The molecule has 1 aromatic carbocycles. The van der Waals surface area contributed by atoms with Crippen molar-refractivity contribution in [3.05, 3.63) is 23.8 Å². The summed E-state index contributed by atoms with van der Waals surface area (Å²) in [5, 5.41) is 6.68. The van der Waals surface area contributed by atoms with E-state index >= 15 is 0 Å². The van der Waals surface area contributed by atoms with Crippen LogP contribution in [0.4, 0.5) is 5.69 Å². The molecule has 0 aliphatic carbocycles. The summed E-state index contributed by atoms with van der Waals surface area (Å²) in [7, 11) is 3.37. The van der Waals surface area contributed by atoms with Crippen molar-refractivity contribution in [2.75, 3.05) is 65.1 Å². The lowest BCUT2D eigenvalue weighted by atomic mass is 9.96. The van der Waals surface area contributed by atoms with E-state index in [4.69, 9.17) is 23.7 Å². The van der Waals surface area contributed by atoms with Gasteiger partial charge < -0.3 is 39.2 Å². The number of rotatable bonds is 13. The van der Waals surface area contributed by atoms with E-state index in [9.17, 15) is 4.79 Å². The molecule has 39 heavy (non-hydrogen) atoms. The summed E-state index contributed by atoms with van der Waals surface area (Å²) in [6.45, 7) is 10.4. The fraction of sp³-hybridized carbons (Fsp3) is 0.767. The molecular formula is C30H49N3O6. The second kappa shape index (κ2) is 14.6. The molecule has 3 heterocycles. The topological polar surface area (TPSA) is 90.5 Å². The molecular weight excluding hydrogens is 498 g/mol. The Kier molecular flexibility index (Phi) is 11.3. The minimum Gasteiger partial charge on any atom is -0.484 e. The zero-order valence-corrected chi connectivity index (χ0v) is 24.3. The molecule has 2 fully saturated rings. The van der Waals surface area contributed by atoms with Gasteiger partial charge in [-0.05, 0) is 76.0 Å². The highest BCUT2D eigenvalue weighted by atomic mass is 16.5. The summed E-state index contributed by atoms with van der Waals surface area (Å²) in [6, 6.07) is 6.63. The average molecular weight is 548 g/mol. The molecule has 0 radical (unpaired) electrons. The zero-order chi connectivity index (χ0) is 27.7. The quantitative estimate of drug-likeness (QED) is 0.364. The van der Waals surface area contributed by atoms with Gasteiger partial charge in [-0.3, -0.25) is 4.79 Å². The molecule has 220 valence electrons. The standard InChI is InChI=1S/C30H49N3O6/c1-30(2)21-33(12-5-13-35-3)26-16-23(6-9-27(26)39-30)20-38-25-8-7-24(31-19-25)17-28(36-4)29(34)32-18-22-10-14-37-15-11-22/h6,9,16,22,24-25,28,31H,5,7-8,10-15,17-21H2,1-4H3,(H,32,34)/t24?,25-,28+/m1/s1. The monoisotopic (exact) mass is 547 g/mol. The van der Waals surface area contributed by atoms with Crippen LogP contribution >= 0.6 is 0 Å². The van der Waals surface area contributed by atoms with E-state index in [1.165, 1.54) is 0 Å². The van der Waals surface area contributed by atoms with Crippen LogP contribution in [0, 0.1) is 5.92 Å². The van der Waals surface area contributed by atoms with Crippen LogP contribution in [-0.4, -0.2) is 90.0 Å². The van der Waals surface area contributed by atoms with Gasteiger partial charge in [-0.2, -0.15) is 0 Å². The molecule has 0 bridgehead atoms. The summed E-state index contributed by atoms with van der Waals surface area (Å²) < 4.78 is 28.8. The Bertz CT molecular complexity index is 899. The Morgan fingerprint density at radius 3 is 2.74 bits per heavy atom. The Hall–Kier alpha value is -1.91. The van der Waals surface area contributed by atoms with Gasteiger partial charge in [0.25, 0.3) is 0 Å². The number of fused-ring (bicyclic) bond motifs is 1. The molecule has 1 amide bonds. The highest BCUT2D eigenvalue weighted by molar-refractivity contribution is 5.80. The number of nitrogens with one attached hydrogen (secondary N) is 2. The Morgan fingerprint density at radius 1 is 1.21 bits per heavy atom. The minimum atomic E-state index is -0.436. The second-order valence-electron chi connectivity index (χ2n) is 11.8. The van der Waals surface area contributed by atoms with E-state index in [1.807, 2.05) is 0 Å². The van der Waals surface area contributed by atoms with Crippen LogP contribution in [0.1, 0.15) is 57.9 Å². The maximum absolute atomic E-state index is 12.7. The smallest absolute Gasteiger partial charge is 0.249 e. The number of anilines is 1. The number of hydrogen-bond acceptors (Lipinski definition) is 8. The van der Waals surface area contributed by atoms with Crippen molar-refractivity contribution in [1.82, 2.24) is 10.6 Å². The van der Waals surface area contributed by atoms with E-state index in [0.717, 1.165) is 88.6 Å². The van der Waals surface area contributed by atoms with E-state index in [0.29, 0.717) is 25.5 Å². The Labute approximate surface area is 234 Å². The van der Waals surface area contributed by atoms with Gasteiger partial charge in [-0.1, -0.05) is 6.07 Å². The number of benzene rings is 1. The highest BCUT2D eigenvalue weighted by Gasteiger charge is 2.32. The molecule has 9 nitrogen and oxygen atoms in total. The normalized spacial score (nSPS) is 24.1. The van der Waals surface area contributed by atoms with Gasteiger partial charge in [0.2, 0.25) is 5.91 Å². The lowest BCUT2D eigenvalue weighted by molar-refractivity contribution is -0.132. The van der Waals surface area contributed by atoms with Crippen LogP contribution in [0.2, 0.25) is 0 Å². The number of nitrogens with zero attached hydrogens (tertiary/aromatic N) is 1. The number of ether oxygens (including phenoxy) is 5. The van der Waals surface area contributed by atoms with Crippen LogP contribution in [0.5, 0.6) is 5.75 Å². The predicted molar refractivity (Wildman–Crippen MR) is 151 cm³/mol. The van der Waals surface area contributed by atoms with Gasteiger partial charge in [0.1, 0.15) is 17.5 Å². The van der Waals surface area contributed by atoms with Crippen LogP contribution in [0.25, 0.3) is 0 Å². The van der Waals surface area contributed by atoms with Gasteiger partial charge in [-0.25, -0.2) is 0 Å². The lowest BCUT2D eigenvalue weighted by Crippen LogP contribution is -2.47. The maximum atomic E-state index is 12.7. The first-order valence-corrected chi connectivity index (χ1v) is 14.7. The van der Waals surface area contributed by atoms with Crippen LogP contribution in [0.3, 0.4) is 0 Å². The van der Waals surface area contributed by atoms with Crippen LogP contribution < -0.4 is 20.3 Å². The SMILES string of the molecule is COCCCN1CC(C)(C)Oc2ccc(CO[C@@H]3CCC(C[C@H](OC)C(=O)NCC4CCOCC4)NC3)cc21. The van der Waals surface area contributed by atoms with Crippen molar-refractivity contribution in [1.29, 1.82) is 0 Å². The van der Waals surface area contributed by atoms with E-state index < -0.39 is 6.10 Å². The first-order valence-electron chi connectivity index (χ1n) is 14.7. The van der Waals surface area contributed by atoms with Gasteiger partial charge in [0.05, 0.1) is 24.9 Å². The Balaban J connectivity index is 1.21. The number of carbonyl (C=O) groups is 1. The number of amides is 1. The molecule has 1 aromatic rings. The molecule has 0 saturated carbocycles. The van der Waals surface area contributed by atoms with E-state index in [-0.39, 0.29) is 23.7 Å². The lowest BCUT2D eigenvalue weighted by Gasteiger charge is -2.41. The molecule has 0 aromatic heterocycles. The molecule has 9 heteroatoms. The first-order chi connectivity index (χ1) is 18.9. The van der Waals surface area contributed by atoms with Gasteiger partial charge in [0, 0.05) is 59.7 Å². The molecule has 2 saturated heterocycles. The van der Waals surface area contributed by atoms with Crippen LogP contribution in [0.15, 0.2) is 18.2 Å². The van der Waals surface area contributed by atoms with E-state index in [1.54, 1.807) is 14.2 Å². The molecule has 2 N–H and O–H groups in total. The Morgan fingerprint density at radius 2 is 2.03 bits per heavy atom. The molecule has 3 aliphatic rings. The zero-order valence-electron chi connectivity index (χ0n) is 24.3. The van der Waals surface area contributed by atoms with Crippen molar-refractivity contribution in [2.24, 2.45) is 5.92 Å². The number of piperidine rings is 1. The maximum Gasteiger partial charge on any atom is 0.249 e. The molecule has 0 spiro atoms. The summed E-state index contributed by atoms with van der Waals surface area (Å²) in [5.41, 5.74) is 2.06. The largest absolute Gasteiger partial charge is 0.484 e. The van der Waals surface area contributed by atoms with Crippen molar-refractivity contribution < 1.29 is 28.5 Å². The van der Waals surface area contributed by atoms with E-state index in [2.05, 4.69) is 47.6 Å². The number of methoxy groups -OCH3 is 2. The summed E-state index contributed by atoms with van der Waals surface area (Å²) in [4.78, 5) is 15.1.